The third-order valence-corrected chi connectivity index (χ3v) is 5.93. The topological polar surface area (TPSA) is 59.0 Å². The van der Waals surface area contributed by atoms with Gasteiger partial charge in [0.05, 0.1) is 13.0 Å². The number of hydrogen-bond acceptors (Lipinski definition) is 4. The predicted octanol–water partition coefficient (Wildman–Crippen LogP) is 4.44. The molecule has 5 heteroatoms. The summed E-state index contributed by atoms with van der Waals surface area (Å²) in [6.07, 6.45) is 4.15. The summed E-state index contributed by atoms with van der Waals surface area (Å²) in [5.74, 6) is 0.825. The van der Waals surface area contributed by atoms with Gasteiger partial charge in [0.2, 0.25) is 0 Å². The van der Waals surface area contributed by atoms with E-state index in [1.807, 2.05) is 24.3 Å². The standard InChI is InChI=1S/C26H35NO4/c1-21-13-16-27(17-14-21)19-24(30-18-15-26(28)29)20-31-25-10-6-5-9-23(25)12-11-22-7-3-2-4-8-22/h2-10,21,24H,11-20H2,1H3,(H,28,29). The minimum absolute atomic E-state index is 0.0151. The number of nitrogens with zero attached hydrogens (tertiary/aromatic N) is 1. The Balaban J connectivity index is 1.56. The normalized spacial score (nSPS) is 16.2. The summed E-state index contributed by atoms with van der Waals surface area (Å²) in [5.41, 5.74) is 2.49. The quantitative estimate of drug-likeness (QED) is 0.545. The van der Waals surface area contributed by atoms with Gasteiger partial charge in [-0.05, 0) is 61.9 Å². The highest BCUT2D eigenvalue weighted by Gasteiger charge is 2.21. The highest BCUT2D eigenvalue weighted by atomic mass is 16.5. The molecule has 0 amide bonds. The van der Waals surface area contributed by atoms with Crippen LogP contribution < -0.4 is 4.74 Å². The Labute approximate surface area is 186 Å². The van der Waals surface area contributed by atoms with Crippen LogP contribution in [0.1, 0.15) is 37.3 Å². The first-order valence-corrected chi connectivity index (χ1v) is 11.4. The largest absolute Gasteiger partial charge is 0.491 e. The molecular weight excluding hydrogens is 390 g/mol. The maximum atomic E-state index is 10.9. The van der Waals surface area contributed by atoms with Crippen molar-refractivity contribution in [3.63, 3.8) is 0 Å². The fraction of sp³-hybridized carbons (Fsp3) is 0.500. The lowest BCUT2D eigenvalue weighted by Crippen LogP contribution is -2.41. The van der Waals surface area contributed by atoms with Crippen molar-refractivity contribution in [1.82, 2.24) is 4.90 Å². The van der Waals surface area contributed by atoms with Gasteiger partial charge in [-0.25, -0.2) is 0 Å². The van der Waals surface area contributed by atoms with E-state index in [4.69, 9.17) is 14.6 Å². The predicted molar refractivity (Wildman–Crippen MR) is 123 cm³/mol. The molecule has 3 rings (SSSR count). The molecule has 0 radical (unpaired) electrons. The first-order valence-electron chi connectivity index (χ1n) is 11.4. The Morgan fingerprint density at radius 2 is 1.77 bits per heavy atom. The van der Waals surface area contributed by atoms with Crippen LogP contribution in [0.4, 0.5) is 0 Å². The van der Waals surface area contributed by atoms with E-state index in [0.717, 1.165) is 44.1 Å². The number of rotatable bonds is 12. The van der Waals surface area contributed by atoms with Gasteiger partial charge in [-0.3, -0.25) is 4.79 Å². The first kappa shape index (κ1) is 23.3. The van der Waals surface area contributed by atoms with E-state index < -0.39 is 5.97 Å². The first-order chi connectivity index (χ1) is 15.1. The van der Waals surface area contributed by atoms with E-state index in [-0.39, 0.29) is 19.1 Å². The van der Waals surface area contributed by atoms with Gasteiger partial charge in [-0.15, -0.1) is 0 Å². The molecule has 31 heavy (non-hydrogen) atoms. The maximum absolute atomic E-state index is 10.9. The van der Waals surface area contributed by atoms with Crippen LogP contribution in [0, 0.1) is 5.92 Å². The summed E-state index contributed by atoms with van der Waals surface area (Å²) in [4.78, 5) is 13.3. The molecule has 1 atom stereocenters. The Hall–Kier alpha value is -2.37. The summed E-state index contributed by atoms with van der Waals surface area (Å²) in [7, 11) is 0. The molecule has 0 saturated carbocycles. The molecule has 0 aliphatic carbocycles. The molecule has 1 heterocycles. The summed E-state index contributed by atoms with van der Waals surface area (Å²) in [6.45, 7) is 5.84. The number of carboxylic acid groups (broad SMARTS) is 1. The molecule has 0 bridgehead atoms. The Morgan fingerprint density at radius 3 is 2.52 bits per heavy atom. The summed E-state index contributed by atoms with van der Waals surface area (Å²) >= 11 is 0. The van der Waals surface area contributed by atoms with Gasteiger partial charge in [-0.1, -0.05) is 55.5 Å². The molecular formula is C26H35NO4. The Kier molecular flexibility index (Phi) is 9.38. The van der Waals surface area contributed by atoms with Gasteiger partial charge in [-0.2, -0.15) is 0 Å². The Morgan fingerprint density at radius 1 is 1.06 bits per heavy atom. The van der Waals surface area contributed by atoms with Crippen molar-refractivity contribution in [2.45, 2.75) is 45.1 Å². The van der Waals surface area contributed by atoms with Crippen molar-refractivity contribution >= 4 is 5.97 Å². The zero-order valence-electron chi connectivity index (χ0n) is 18.5. The lowest BCUT2D eigenvalue weighted by molar-refractivity contribution is -0.139. The number of carboxylic acids is 1. The zero-order chi connectivity index (χ0) is 21.9. The van der Waals surface area contributed by atoms with Crippen LogP contribution in [0.5, 0.6) is 5.75 Å². The van der Waals surface area contributed by atoms with E-state index in [9.17, 15) is 4.79 Å². The van der Waals surface area contributed by atoms with Crippen molar-refractivity contribution in [3.05, 3.63) is 65.7 Å². The number of aryl methyl sites for hydroxylation is 2. The van der Waals surface area contributed by atoms with Gasteiger partial charge in [0.1, 0.15) is 18.5 Å². The van der Waals surface area contributed by atoms with Gasteiger partial charge >= 0.3 is 5.97 Å². The fourth-order valence-electron chi connectivity index (χ4n) is 3.96. The number of ether oxygens (including phenoxy) is 2. The molecule has 1 aliphatic heterocycles. The molecule has 1 N–H and O–H groups in total. The fourth-order valence-corrected chi connectivity index (χ4v) is 3.96. The smallest absolute Gasteiger partial charge is 0.305 e. The van der Waals surface area contributed by atoms with Crippen molar-refractivity contribution < 1.29 is 19.4 Å². The SMILES string of the molecule is CC1CCN(CC(COc2ccccc2CCc2ccccc2)OCCC(=O)O)CC1. The Bertz CT molecular complexity index is 787. The summed E-state index contributed by atoms with van der Waals surface area (Å²) < 4.78 is 12.1. The zero-order valence-corrected chi connectivity index (χ0v) is 18.5. The monoisotopic (exact) mass is 425 g/mol. The van der Waals surface area contributed by atoms with Gasteiger partial charge in [0, 0.05) is 6.54 Å². The average molecular weight is 426 g/mol. The van der Waals surface area contributed by atoms with Crippen molar-refractivity contribution in [1.29, 1.82) is 0 Å². The van der Waals surface area contributed by atoms with Crippen LogP contribution in [0.15, 0.2) is 54.6 Å². The van der Waals surface area contributed by atoms with Gasteiger partial charge in [0.15, 0.2) is 0 Å². The number of hydrogen-bond donors (Lipinski definition) is 1. The maximum Gasteiger partial charge on any atom is 0.305 e. The lowest BCUT2D eigenvalue weighted by atomic mass is 9.99. The van der Waals surface area contributed by atoms with Crippen molar-refractivity contribution in [3.8, 4) is 5.75 Å². The van der Waals surface area contributed by atoms with Crippen LogP contribution >= 0.6 is 0 Å². The minimum Gasteiger partial charge on any atom is -0.491 e. The third kappa shape index (κ3) is 8.35. The molecule has 1 fully saturated rings. The summed E-state index contributed by atoms with van der Waals surface area (Å²) in [6, 6.07) is 18.6. The summed E-state index contributed by atoms with van der Waals surface area (Å²) in [5, 5.41) is 8.95. The van der Waals surface area contributed by atoms with Gasteiger partial charge in [0.25, 0.3) is 0 Å². The van der Waals surface area contributed by atoms with E-state index >= 15 is 0 Å². The second kappa shape index (κ2) is 12.5. The van der Waals surface area contributed by atoms with Crippen LogP contribution in [0.3, 0.4) is 0 Å². The lowest BCUT2D eigenvalue weighted by Gasteiger charge is -2.33. The minimum atomic E-state index is -0.835. The highest BCUT2D eigenvalue weighted by molar-refractivity contribution is 5.66. The van der Waals surface area contributed by atoms with Crippen LogP contribution in [0.25, 0.3) is 0 Å². The van der Waals surface area contributed by atoms with E-state index in [0.29, 0.717) is 6.61 Å². The molecule has 2 aromatic rings. The van der Waals surface area contributed by atoms with Crippen LogP contribution in [-0.4, -0.2) is 54.9 Å². The number of aliphatic carboxylic acids is 1. The average Bonchev–Trinajstić information content (AvgIpc) is 2.78. The second-order valence-corrected chi connectivity index (χ2v) is 8.52. The number of carbonyl (C=O) groups is 1. The van der Waals surface area contributed by atoms with Gasteiger partial charge < -0.3 is 19.5 Å². The van der Waals surface area contributed by atoms with Crippen molar-refractivity contribution in [2.75, 3.05) is 32.8 Å². The molecule has 0 aromatic heterocycles. The molecule has 1 unspecified atom stereocenters. The number of likely N-dealkylation sites (tertiary alicyclic amines) is 1. The molecule has 1 aliphatic rings. The number of benzene rings is 2. The molecule has 1 saturated heterocycles. The number of para-hydroxylation sites is 1. The highest BCUT2D eigenvalue weighted by Crippen LogP contribution is 2.21. The molecule has 0 spiro atoms. The third-order valence-electron chi connectivity index (χ3n) is 5.93. The molecule has 5 nitrogen and oxygen atoms in total. The van der Waals surface area contributed by atoms with Crippen LogP contribution in [0.2, 0.25) is 0 Å². The van der Waals surface area contributed by atoms with Crippen LogP contribution in [-0.2, 0) is 22.4 Å². The van der Waals surface area contributed by atoms with E-state index in [1.165, 1.54) is 24.0 Å². The molecule has 2 aromatic carbocycles. The molecule has 168 valence electrons. The van der Waals surface area contributed by atoms with E-state index in [1.54, 1.807) is 0 Å². The second-order valence-electron chi connectivity index (χ2n) is 8.52. The van der Waals surface area contributed by atoms with Crippen molar-refractivity contribution in [2.24, 2.45) is 5.92 Å². The van der Waals surface area contributed by atoms with E-state index in [2.05, 4.69) is 42.2 Å². The number of piperidine rings is 1.